The predicted molar refractivity (Wildman–Crippen MR) is 62.8 cm³/mol. The summed E-state index contributed by atoms with van der Waals surface area (Å²) in [5, 5.41) is 9.76. The van der Waals surface area contributed by atoms with Crippen molar-refractivity contribution in [1.29, 1.82) is 0 Å². The second kappa shape index (κ2) is 3.69. The van der Waals surface area contributed by atoms with Gasteiger partial charge >= 0.3 is 5.97 Å². The van der Waals surface area contributed by atoms with Crippen LogP contribution in [0.4, 0.5) is 4.39 Å². The molecule has 2 aromatic heterocycles. The maximum atomic E-state index is 13.1. The van der Waals surface area contributed by atoms with E-state index in [-0.39, 0.29) is 11.5 Å². The van der Waals surface area contributed by atoms with Crippen LogP contribution in [0.1, 0.15) is 10.5 Å². The van der Waals surface area contributed by atoms with E-state index in [1.807, 2.05) is 0 Å². The van der Waals surface area contributed by atoms with Crippen molar-refractivity contribution in [3.8, 4) is 11.3 Å². The van der Waals surface area contributed by atoms with E-state index in [4.69, 9.17) is 5.11 Å². The van der Waals surface area contributed by atoms with Crippen molar-refractivity contribution in [3.63, 3.8) is 0 Å². The summed E-state index contributed by atoms with van der Waals surface area (Å²) in [7, 11) is 0. The molecule has 0 saturated heterocycles. The predicted octanol–water partition coefficient (Wildman–Crippen LogP) is 2.40. The van der Waals surface area contributed by atoms with Gasteiger partial charge in [-0.3, -0.25) is 0 Å². The molecular formula is C12H8FN3O2. The molecule has 0 aliphatic rings. The highest BCUT2D eigenvalue weighted by atomic mass is 19.1. The number of carboxylic acid groups (broad SMARTS) is 1. The van der Waals surface area contributed by atoms with Crippen LogP contribution in [-0.2, 0) is 0 Å². The fourth-order valence-electron chi connectivity index (χ4n) is 1.96. The highest BCUT2D eigenvalue weighted by Gasteiger charge is 2.17. The third-order valence-electron chi connectivity index (χ3n) is 2.75. The average molecular weight is 245 g/mol. The molecule has 0 saturated carbocycles. The zero-order chi connectivity index (χ0) is 12.7. The van der Waals surface area contributed by atoms with Crippen LogP contribution in [0.15, 0.2) is 30.7 Å². The summed E-state index contributed by atoms with van der Waals surface area (Å²) < 4.78 is 13.1. The van der Waals surface area contributed by atoms with Crippen LogP contribution in [0.5, 0.6) is 0 Å². The molecule has 0 atom stereocenters. The van der Waals surface area contributed by atoms with Crippen molar-refractivity contribution in [2.24, 2.45) is 0 Å². The van der Waals surface area contributed by atoms with Crippen LogP contribution < -0.4 is 0 Å². The first-order valence-corrected chi connectivity index (χ1v) is 5.20. The number of hydrogen-bond acceptors (Lipinski definition) is 2. The minimum atomic E-state index is -1.08. The van der Waals surface area contributed by atoms with E-state index >= 15 is 0 Å². The van der Waals surface area contributed by atoms with E-state index in [2.05, 4.69) is 15.0 Å². The van der Waals surface area contributed by atoms with Crippen LogP contribution >= 0.6 is 0 Å². The number of halogens is 1. The molecule has 0 aliphatic carbocycles. The van der Waals surface area contributed by atoms with E-state index in [1.54, 1.807) is 12.3 Å². The van der Waals surface area contributed by atoms with Crippen LogP contribution in [0.3, 0.4) is 0 Å². The Morgan fingerprint density at radius 2 is 2.17 bits per heavy atom. The summed E-state index contributed by atoms with van der Waals surface area (Å²) in [6.45, 7) is 0. The minimum absolute atomic E-state index is 0.0141. The molecule has 0 unspecified atom stereocenters. The van der Waals surface area contributed by atoms with Crippen molar-refractivity contribution in [2.45, 2.75) is 0 Å². The Bertz CT molecular complexity index is 745. The molecule has 1 aromatic carbocycles. The lowest BCUT2D eigenvalue weighted by Crippen LogP contribution is -1.98. The van der Waals surface area contributed by atoms with Gasteiger partial charge < -0.3 is 15.1 Å². The van der Waals surface area contributed by atoms with Crippen LogP contribution in [0.2, 0.25) is 0 Å². The topological polar surface area (TPSA) is 81.8 Å². The number of nitrogens with zero attached hydrogens (tertiary/aromatic N) is 1. The third-order valence-corrected chi connectivity index (χ3v) is 2.75. The smallest absolute Gasteiger partial charge is 0.354 e. The maximum absolute atomic E-state index is 13.1. The first-order chi connectivity index (χ1) is 8.66. The summed E-state index contributed by atoms with van der Waals surface area (Å²) >= 11 is 0. The highest BCUT2D eigenvalue weighted by molar-refractivity contribution is 6.00. The van der Waals surface area contributed by atoms with Gasteiger partial charge in [0.25, 0.3) is 0 Å². The van der Waals surface area contributed by atoms with Crippen molar-refractivity contribution in [2.75, 3.05) is 0 Å². The number of imidazole rings is 1. The second-order valence-electron chi connectivity index (χ2n) is 3.82. The zero-order valence-corrected chi connectivity index (χ0v) is 9.07. The van der Waals surface area contributed by atoms with Crippen LogP contribution in [-0.4, -0.2) is 26.0 Å². The molecule has 18 heavy (non-hydrogen) atoms. The third kappa shape index (κ3) is 1.46. The van der Waals surface area contributed by atoms with E-state index in [0.717, 1.165) is 5.39 Å². The average Bonchev–Trinajstić information content (AvgIpc) is 2.92. The van der Waals surface area contributed by atoms with Gasteiger partial charge in [0, 0.05) is 22.7 Å². The lowest BCUT2D eigenvalue weighted by Gasteiger charge is -1.97. The first-order valence-electron chi connectivity index (χ1n) is 5.20. The molecule has 0 radical (unpaired) electrons. The number of aromatic nitrogens is 3. The molecule has 0 bridgehead atoms. The van der Waals surface area contributed by atoms with E-state index in [1.165, 1.54) is 18.5 Å². The van der Waals surface area contributed by atoms with Crippen molar-refractivity contribution in [1.82, 2.24) is 15.0 Å². The summed E-state index contributed by atoms with van der Waals surface area (Å²) in [4.78, 5) is 20.5. The summed E-state index contributed by atoms with van der Waals surface area (Å²) in [6.07, 6.45) is 2.94. The lowest BCUT2D eigenvalue weighted by atomic mass is 10.1. The Morgan fingerprint density at radius 3 is 2.94 bits per heavy atom. The molecule has 6 heteroatoms. The largest absolute Gasteiger partial charge is 0.477 e. The molecule has 3 aromatic rings. The SMILES string of the molecule is O=C(O)c1[nH]cnc1-c1c[nH]c2cc(F)ccc12. The van der Waals surface area contributed by atoms with Gasteiger partial charge in [-0.25, -0.2) is 14.2 Å². The first kappa shape index (κ1) is 10.5. The fraction of sp³-hybridized carbons (Fsp3) is 0. The highest BCUT2D eigenvalue weighted by Crippen LogP contribution is 2.29. The number of aromatic carboxylic acids is 1. The van der Waals surface area contributed by atoms with Gasteiger partial charge in [0.15, 0.2) is 5.69 Å². The normalized spacial score (nSPS) is 10.9. The van der Waals surface area contributed by atoms with Crippen molar-refractivity contribution < 1.29 is 14.3 Å². The number of aromatic amines is 2. The molecule has 3 N–H and O–H groups in total. The standard InChI is InChI=1S/C12H8FN3O2/c13-6-1-2-7-8(4-14-9(7)3-6)10-11(12(17)18)16-5-15-10/h1-5,14H,(H,15,16)(H,17,18). The van der Waals surface area contributed by atoms with E-state index < -0.39 is 5.97 Å². The second-order valence-corrected chi connectivity index (χ2v) is 3.82. The summed E-state index contributed by atoms with van der Waals surface area (Å²) in [5.74, 6) is -1.43. The van der Waals surface area contributed by atoms with Crippen molar-refractivity contribution in [3.05, 3.63) is 42.2 Å². The number of hydrogen-bond donors (Lipinski definition) is 3. The van der Waals surface area contributed by atoms with Gasteiger partial charge in [0.2, 0.25) is 0 Å². The number of H-pyrrole nitrogens is 2. The summed E-state index contributed by atoms with van der Waals surface area (Å²) in [6, 6.07) is 4.27. The fourth-order valence-corrected chi connectivity index (χ4v) is 1.96. The number of fused-ring (bicyclic) bond motifs is 1. The van der Waals surface area contributed by atoms with Crippen molar-refractivity contribution >= 4 is 16.9 Å². The number of nitrogens with one attached hydrogen (secondary N) is 2. The van der Waals surface area contributed by atoms with E-state index in [9.17, 15) is 9.18 Å². The van der Waals surface area contributed by atoms with Gasteiger partial charge in [-0.1, -0.05) is 0 Å². The van der Waals surface area contributed by atoms with Crippen LogP contribution in [0, 0.1) is 5.82 Å². The molecule has 5 nitrogen and oxygen atoms in total. The number of rotatable bonds is 2. The number of carbonyl (C=O) groups is 1. The summed E-state index contributed by atoms with van der Waals surface area (Å²) in [5.41, 5.74) is 1.58. The van der Waals surface area contributed by atoms with Gasteiger partial charge in [-0.15, -0.1) is 0 Å². The molecule has 0 fully saturated rings. The van der Waals surface area contributed by atoms with Gasteiger partial charge in [0.1, 0.15) is 11.5 Å². The lowest BCUT2D eigenvalue weighted by molar-refractivity contribution is 0.0692. The molecular weight excluding hydrogens is 237 g/mol. The molecule has 0 aliphatic heterocycles. The molecule has 3 rings (SSSR count). The Hall–Kier alpha value is -2.63. The Balaban J connectivity index is 2.26. The monoisotopic (exact) mass is 245 g/mol. The molecule has 2 heterocycles. The van der Waals surface area contributed by atoms with Gasteiger partial charge in [-0.05, 0) is 18.2 Å². The Kier molecular flexibility index (Phi) is 2.16. The van der Waals surface area contributed by atoms with Crippen LogP contribution in [0.25, 0.3) is 22.2 Å². The molecule has 0 spiro atoms. The van der Waals surface area contributed by atoms with Gasteiger partial charge in [-0.2, -0.15) is 0 Å². The zero-order valence-electron chi connectivity index (χ0n) is 9.07. The number of benzene rings is 1. The molecule has 0 amide bonds. The van der Waals surface area contributed by atoms with E-state index in [0.29, 0.717) is 16.8 Å². The molecule has 90 valence electrons. The van der Waals surface area contributed by atoms with Gasteiger partial charge in [0.05, 0.1) is 6.33 Å². The number of carboxylic acids is 1. The quantitative estimate of drug-likeness (QED) is 0.648. The Labute approximate surface area is 100 Å². The minimum Gasteiger partial charge on any atom is -0.477 e. The Morgan fingerprint density at radius 1 is 1.33 bits per heavy atom. The maximum Gasteiger partial charge on any atom is 0.354 e.